The number of esters is 4. The Labute approximate surface area is 191 Å². The minimum atomic E-state index is -2.34. The number of carbonyl (C=O) groups excluding carboxylic acids is 4. The van der Waals surface area contributed by atoms with Crippen molar-refractivity contribution in [2.24, 2.45) is 5.92 Å². The van der Waals surface area contributed by atoms with Gasteiger partial charge >= 0.3 is 23.9 Å². The summed E-state index contributed by atoms with van der Waals surface area (Å²) in [6.45, 7) is 8.89. The van der Waals surface area contributed by atoms with E-state index in [-0.39, 0.29) is 11.1 Å². The third-order valence-corrected chi connectivity index (χ3v) is 5.76. The Hall–Kier alpha value is -2.98. The molecule has 33 heavy (non-hydrogen) atoms. The van der Waals surface area contributed by atoms with Crippen molar-refractivity contribution in [2.75, 3.05) is 7.11 Å². The zero-order valence-electron chi connectivity index (χ0n) is 19.3. The Balaban J connectivity index is 2.72. The molecule has 2 N–H and O–H groups in total. The molecule has 6 atom stereocenters. The van der Waals surface area contributed by atoms with E-state index < -0.39 is 59.8 Å². The Bertz CT molecular complexity index is 895. The quantitative estimate of drug-likeness (QED) is 0.259. The fourth-order valence-corrected chi connectivity index (χ4v) is 3.61. The van der Waals surface area contributed by atoms with Gasteiger partial charge in [-0.15, -0.1) is 0 Å². The van der Waals surface area contributed by atoms with Crippen molar-refractivity contribution in [1.29, 1.82) is 0 Å². The van der Waals surface area contributed by atoms with Crippen LogP contribution < -0.4 is 0 Å². The predicted octanol–water partition coefficient (Wildman–Crippen LogP) is 0.899. The standard InChI is InChI=1S/C23H30O10/c1-11-8-7-9-15(21(27)30-6)18(31-14(4)25)19(33-22(28)23(5,29)13(3)24)17-12(2)20(26)32-16(17)10-11/h9-10,13,16-19,24,29H,2,7-8H2,1,3-6H3/b11-10-,15-9?/t13-,16+,17+,18+,19+,23+/m1/s1. The van der Waals surface area contributed by atoms with E-state index in [1.54, 1.807) is 6.08 Å². The van der Waals surface area contributed by atoms with Crippen molar-refractivity contribution in [1.82, 2.24) is 0 Å². The smallest absolute Gasteiger partial charge is 0.341 e. The number of rotatable bonds is 5. The van der Waals surface area contributed by atoms with Crippen LogP contribution in [0.1, 0.15) is 40.5 Å². The van der Waals surface area contributed by atoms with Gasteiger partial charge in [-0.25, -0.2) is 14.4 Å². The molecule has 10 nitrogen and oxygen atoms in total. The summed E-state index contributed by atoms with van der Waals surface area (Å²) in [5.74, 6) is -4.69. The molecule has 0 aromatic rings. The van der Waals surface area contributed by atoms with Gasteiger partial charge in [0.25, 0.3) is 0 Å². The topological polar surface area (TPSA) is 146 Å². The van der Waals surface area contributed by atoms with Crippen LogP contribution in [0.15, 0.2) is 35.5 Å². The molecule has 2 rings (SSSR count). The highest BCUT2D eigenvalue weighted by Crippen LogP contribution is 2.38. The molecular weight excluding hydrogens is 436 g/mol. The van der Waals surface area contributed by atoms with Gasteiger partial charge in [0.05, 0.1) is 24.7 Å². The second-order valence-electron chi connectivity index (χ2n) is 8.35. The van der Waals surface area contributed by atoms with Gasteiger partial charge in [0.1, 0.15) is 6.10 Å². The molecule has 1 heterocycles. The van der Waals surface area contributed by atoms with Crippen LogP contribution in [0.25, 0.3) is 0 Å². The number of methoxy groups -OCH3 is 1. The summed E-state index contributed by atoms with van der Waals surface area (Å²) >= 11 is 0. The van der Waals surface area contributed by atoms with Crippen molar-refractivity contribution >= 4 is 23.9 Å². The molecule has 2 aliphatic rings. The number of allylic oxidation sites excluding steroid dienone is 2. The van der Waals surface area contributed by atoms with Crippen LogP contribution in [0.3, 0.4) is 0 Å². The molecule has 0 bridgehead atoms. The van der Waals surface area contributed by atoms with Crippen molar-refractivity contribution in [3.8, 4) is 0 Å². The summed E-state index contributed by atoms with van der Waals surface area (Å²) < 4.78 is 21.2. The molecule has 1 aliphatic carbocycles. The second-order valence-corrected chi connectivity index (χ2v) is 8.35. The lowest BCUT2D eigenvalue weighted by atomic mass is 9.83. The molecule has 1 saturated heterocycles. The molecular formula is C23H30O10. The normalized spacial score (nSPS) is 29.8. The van der Waals surface area contributed by atoms with Crippen LogP contribution in [0.2, 0.25) is 0 Å². The number of carbonyl (C=O) groups is 4. The Kier molecular flexibility index (Phi) is 8.20. The third kappa shape index (κ3) is 5.69. The van der Waals surface area contributed by atoms with Crippen LogP contribution in [0, 0.1) is 5.92 Å². The van der Waals surface area contributed by atoms with E-state index in [0.29, 0.717) is 12.8 Å². The van der Waals surface area contributed by atoms with E-state index in [2.05, 4.69) is 6.58 Å². The Morgan fingerprint density at radius 3 is 2.48 bits per heavy atom. The van der Waals surface area contributed by atoms with Gasteiger partial charge in [-0.3, -0.25) is 4.79 Å². The van der Waals surface area contributed by atoms with E-state index in [9.17, 15) is 29.4 Å². The average Bonchev–Trinajstić information content (AvgIpc) is 2.99. The second kappa shape index (κ2) is 10.3. The lowest BCUT2D eigenvalue weighted by molar-refractivity contribution is -0.191. The molecule has 0 saturated carbocycles. The SMILES string of the molecule is C=C1C(=O)O[C@H]2/C=C(/C)CCC=C(C(=O)OC)[C@H](OC(C)=O)[C@@H](OC(=O)[C@@](C)(O)[C@@H](C)O)[C@@H]12. The average molecular weight is 466 g/mol. The molecule has 0 spiro atoms. The van der Waals surface area contributed by atoms with Gasteiger partial charge in [-0.2, -0.15) is 0 Å². The lowest BCUT2D eigenvalue weighted by Gasteiger charge is -2.35. The molecule has 10 heteroatoms. The van der Waals surface area contributed by atoms with Gasteiger partial charge in [-0.1, -0.05) is 18.2 Å². The number of hydrogen-bond acceptors (Lipinski definition) is 10. The van der Waals surface area contributed by atoms with E-state index in [0.717, 1.165) is 26.5 Å². The number of ether oxygens (including phenoxy) is 4. The van der Waals surface area contributed by atoms with E-state index in [1.165, 1.54) is 13.0 Å². The number of hydrogen-bond donors (Lipinski definition) is 2. The van der Waals surface area contributed by atoms with Gasteiger partial charge in [0, 0.05) is 12.5 Å². The predicted molar refractivity (Wildman–Crippen MR) is 113 cm³/mol. The first-order valence-electron chi connectivity index (χ1n) is 10.4. The highest BCUT2D eigenvalue weighted by Gasteiger charge is 2.52. The first-order valence-corrected chi connectivity index (χ1v) is 10.4. The molecule has 0 amide bonds. The van der Waals surface area contributed by atoms with Crippen molar-refractivity contribution in [3.05, 3.63) is 35.5 Å². The fourth-order valence-electron chi connectivity index (χ4n) is 3.61. The van der Waals surface area contributed by atoms with Crippen molar-refractivity contribution < 1.29 is 48.3 Å². The fraction of sp³-hybridized carbons (Fsp3) is 0.565. The van der Waals surface area contributed by atoms with Gasteiger partial charge in [0.15, 0.2) is 17.8 Å². The maximum Gasteiger partial charge on any atom is 0.341 e. The molecule has 182 valence electrons. The summed E-state index contributed by atoms with van der Waals surface area (Å²) in [5.41, 5.74) is -1.68. The van der Waals surface area contributed by atoms with Gasteiger partial charge < -0.3 is 29.2 Å². The Morgan fingerprint density at radius 1 is 1.30 bits per heavy atom. The molecule has 0 aromatic carbocycles. The van der Waals surface area contributed by atoms with Crippen molar-refractivity contribution in [2.45, 2.75) is 70.6 Å². The molecule has 0 unspecified atom stereocenters. The summed E-state index contributed by atoms with van der Waals surface area (Å²) in [7, 11) is 1.14. The summed E-state index contributed by atoms with van der Waals surface area (Å²) in [6, 6.07) is 0. The monoisotopic (exact) mass is 466 g/mol. The van der Waals surface area contributed by atoms with E-state index in [1.807, 2.05) is 6.92 Å². The first-order chi connectivity index (χ1) is 15.3. The zero-order chi connectivity index (χ0) is 25.1. The summed E-state index contributed by atoms with van der Waals surface area (Å²) in [6.07, 6.45) is -1.44. The lowest BCUT2D eigenvalue weighted by Crippen LogP contribution is -2.52. The maximum atomic E-state index is 12.9. The van der Waals surface area contributed by atoms with Gasteiger partial charge in [0.2, 0.25) is 0 Å². The van der Waals surface area contributed by atoms with E-state index >= 15 is 0 Å². The molecule has 0 radical (unpaired) electrons. The van der Waals surface area contributed by atoms with Crippen LogP contribution in [0.5, 0.6) is 0 Å². The minimum Gasteiger partial charge on any atom is -0.466 e. The van der Waals surface area contributed by atoms with Crippen LogP contribution in [-0.4, -0.2) is 71.2 Å². The molecule has 1 aliphatic heterocycles. The van der Waals surface area contributed by atoms with Gasteiger partial charge in [-0.05, 0) is 39.7 Å². The maximum absolute atomic E-state index is 12.9. The first kappa shape index (κ1) is 26.3. The third-order valence-electron chi connectivity index (χ3n) is 5.76. The summed E-state index contributed by atoms with van der Waals surface area (Å²) in [5, 5.41) is 20.3. The highest BCUT2D eigenvalue weighted by molar-refractivity contribution is 5.93. The number of aliphatic hydroxyl groups is 2. The van der Waals surface area contributed by atoms with E-state index in [4.69, 9.17) is 18.9 Å². The van der Waals surface area contributed by atoms with Crippen LogP contribution in [-0.2, 0) is 38.1 Å². The number of aliphatic hydroxyl groups excluding tert-OH is 1. The van der Waals surface area contributed by atoms with Crippen molar-refractivity contribution in [3.63, 3.8) is 0 Å². The molecule has 1 fully saturated rings. The zero-order valence-corrected chi connectivity index (χ0v) is 19.3. The van der Waals surface area contributed by atoms with Crippen LogP contribution >= 0.6 is 0 Å². The number of fused-ring (bicyclic) bond motifs is 1. The highest BCUT2D eigenvalue weighted by atomic mass is 16.6. The molecule has 0 aromatic heterocycles. The van der Waals surface area contributed by atoms with Crippen LogP contribution in [0.4, 0.5) is 0 Å². The largest absolute Gasteiger partial charge is 0.466 e. The summed E-state index contributed by atoms with van der Waals surface area (Å²) in [4.78, 5) is 49.9. The Morgan fingerprint density at radius 2 is 1.94 bits per heavy atom. The minimum absolute atomic E-state index is 0.0690.